The van der Waals surface area contributed by atoms with Gasteiger partial charge in [0.2, 0.25) is 35.7 Å². The summed E-state index contributed by atoms with van der Waals surface area (Å²) in [6.45, 7) is 26.9. The Balaban J connectivity index is 0.000000385. The topological polar surface area (TPSA) is 365 Å². The first-order valence-corrected chi connectivity index (χ1v) is 47.6. The smallest absolute Gasteiger partial charge is 0.231 e. The van der Waals surface area contributed by atoms with E-state index in [1.54, 1.807) is 0 Å². The predicted octanol–water partition coefficient (Wildman–Crippen LogP) is -0.782. The zero-order chi connectivity index (χ0) is 91.0. The van der Waals surface area contributed by atoms with Crippen LogP contribution in [0.1, 0.15) is 135 Å². The van der Waals surface area contributed by atoms with Gasteiger partial charge in [0.1, 0.15) is 0 Å². The molecule has 0 aromatic carbocycles. The van der Waals surface area contributed by atoms with Gasteiger partial charge in [0, 0.05) is 216 Å². The summed E-state index contributed by atoms with van der Waals surface area (Å²) in [6, 6.07) is 3.82. The molecule has 2 aromatic rings. The standard InChI is InChI=1S/C21H39N9.C18H39N9.C14H28N4.C10H25N3.C9H24N4.C9H21N3.C7H19N3/c1-22-16-4-10-28(11-5-16)19-25-20(29-12-6-17(23-2)7-13-29)27-21(26-19)30-14-8-18(24-3)9-15-30;1-19-10-7-13-25(4)16-22-17(26(5)14-8-11-20-2)24-18(23-16)27(6)15-9-12-21-3;1-15-11-5-12(16-2)8-13(6-11,17-3)10-14(7-11,9-12)18-4;1-4-5-8-13(9-6-11-2)10-7-12-3;1-10-5-9(6-11-2,7-12-3)8-13-4;1-10-7-4-8(11-2)6-9(5-7)12-3;1-8-4-7(5-9-2)6-10-3/h16-18,22-24H,4-15H2,1-3H3;19-21H,7-15H2,1-6H3;15-18H,5-10H2,1-4H3;11-12H,4-10H2,1-3H3;10-13H,5-8H2,1-4H3;7-12H,4-6H2,1-3H3;7-10H,4-6H2,1-3H3. The summed E-state index contributed by atoms with van der Waals surface area (Å²) in [5, 5.41) is 73.3. The third kappa shape index (κ3) is 40.4. The molecule has 5 aliphatic carbocycles. The van der Waals surface area contributed by atoms with E-state index in [9.17, 15) is 0 Å². The molecule has 3 aliphatic heterocycles. The van der Waals surface area contributed by atoms with Gasteiger partial charge in [-0.1, -0.05) is 13.3 Å². The van der Waals surface area contributed by atoms with Crippen LogP contribution in [0, 0.1) is 11.3 Å². The first-order chi connectivity index (χ1) is 59.4. The number of nitrogens with zero attached hydrogens (tertiary/aromatic N) is 13. The normalized spacial score (nSPS) is 22.7. The van der Waals surface area contributed by atoms with Crippen LogP contribution in [0.25, 0.3) is 0 Å². The Labute approximate surface area is 751 Å². The molecule has 10 rings (SSSR count). The first-order valence-electron chi connectivity index (χ1n) is 47.6. The van der Waals surface area contributed by atoms with Crippen LogP contribution in [0.3, 0.4) is 0 Å². The molecule has 0 atom stereocenters. The summed E-state index contributed by atoms with van der Waals surface area (Å²) < 4.78 is 0. The molecule has 0 radical (unpaired) electrons. The Morgan fingerprint density at radius 1 is 0.309 bits per heavy atom. The van der Waals surface area contributed by atoms with E-state index in [2.05, 4.69) is 229 Å². The van der Waals surface area contributed by atoms with Crippen LogP contribution < -0.4 is 146 Å². The van der Waals surface area contributed by atoms with Crippen LogP contribution in [-0.4, -0.2) is 426 Å². The second kappa shape index (κ2) is 64.6. The van der Waals surface area contributed by atoms with E-state index in [1.807, 2.05) is 106 Å². The number of aromatic nitrogens is 6. The minimum absolute atomic E-state index is 0.257. The van der Waals surface area contributed by atoms with E-state index in [1.165, 1.54) is 77.2 Å². The number of unbranched alkanes of at least 4 members (excludes halogenated alkanes) is 1. The number of anilines is 6. The maximum atomic E-state index is 4.96. The number of hydrogen-bond donors (Lipinski definition) is 22. The Bertz CT molecular complexity index is 2490. The van der Waals surface area contributed by atoms with Gasteiger partial charge < -0.3 is 151 Å². The van der Waals surface area contributed by atoms with Gasteiger partial charge in [-0.05, 0) is 309 Å². The van der Waals surface area contributed by atoms with Crippen molar-refractivity contribution in [2.24, 2.45) is 11.3 Å². The van der Waals surface area contributed by atoms with Gasteiger partial charge in [-0.2, -0.15) is 29.9 Å². The summed E-state index contributed by atoms with van der Waals surface area (Å²) >= 11 is 0. The van der Waals surface area contributed by atoms with Crippen molar-refractivity contribution in [1.82, 2.24) is 152 Å². The molecule has 8 aliphatic rings. The predicted molar refractivity (Wildman–Crippen MR) is 528 cm³/mol. The van der Waals surface area contributed by atoms with Gasteiger partial charge in [-0.15, -0.1) is 0 Å². The molecule has 35 nitrogen and oxygen atoms in total. The molecule has 5 saturated carbocycles. The molecule has 5 heterocycles. The molecule has 8 fully saturated rings. The lowest BCUT2D eigenvalue weighted by Gasteiger charge is -2.70. The first kappa shape index (κ1) is 113. The number of rotatable bonds is 51. The van der Waals surface area contributed by atoms with Crippen LogP contribution >= 0.6 is 0 Å². The van der Waals surface area contributed by atoms with E-state index < -0.39 is 0 Å². The molecule has 123 heavy (non-hydrogen) atoms. The molecule has 3 saturated heterocycles. The summed E-state index contributed by atoms with van der Waals surface area (Å²) in [5.74, 6) is 5.45. The second-order valence-corrected chi connectivity index (χ2v) is 36.2. The van der Waals surface area contributed by atoms with Crippen LogP contribution in [0.15, 0.2) is 0 Å². The van der Waals surface area contributed by atoms with E-state index >= 15 is 0 Å². The van der Waals surface area contributed by atoms with Crippen molar-refractivity contribution in [3.63, 3.8) is 0 Å². The molecule has 35 heteroatoms. The highest BCUT2D eigenvalue weighted by Gasteiger charge is 2.67. The fourth-order valence-corrected chi connectivity index (χ4v) is 19.4. The fraction of sp³-hybridized carbons (Fsp3) is 0.932. The van der Waals surface area contributed by atoms with Gasteiger partial charge in [0.15, 0.2) is 0 Å². The van der Waals surface area contributed by atoms with Gasteiger partial charge >= 0.3 is 0 Å². The molecular weight excluding hydrogens is 1550 g/mol. The number of nitrogens with one attached hydrogen (secondary N) is 22. The molecule has 4 bridgehead atoms. The van der Waals surface area contributed by atoms with Crippen molar-refractivity contribution in [2.75, 3.05) is 363 Å². The molecule has 0 amide bonds. The average Bonchev–Trinajstić information content (AvgIpc) is 0.688. The second-order valence-electron chi connectivity index (χ2n) is 36.2. The molecule has 0 spiro atoms. The number of piperidine rings is 3. The molecule has 22 N–H and O–H groups in total. The highest BCUT2D eigenvalue weighted by Crippen LogP contribution is 2.60. The van der Waals surface area contributed by atoms with E-state index in [0.29, 0.717) is 64.3 Å². The summed E-state index contributed by atoms with van der Waals surface area (Å²) in [4.78, 5) is 44.9. The van der Waals surface area contributed by atoms with Crippen molar-refractivity contribution in [1.29, 1.82) is 0 Å². The summed E-state index contributed by atoms with van der Waals surface area (Å²) in [5.41, 5.74) is 1.44. The van der Waals surface area contributed by atoms with E-state index in [-0.39, 0.29) is 5.41 Å². The molecule has 722 valence electrons. The van der Waals surface area contributed by atoms with Gasteiger partial charge in [-0.3, -0.25) is 0 Å². The Morgan fingerprint density at radius 2 is 0.561 bits per heavy atom. The monoisotopic (exact) mass is 1740 g/mol. The zero-order valence-corrected chi connectivity index (χ0v) is 83.5. The minimum atomic E-state index is 0.257. The van der Waals surface area contributed by atoms with E-state index in [0.717, 1.165) is 244 Å². The Kier molecular flexibility index (Phi) is 59.4. The van der Waals surface area contributed by atoms with Crippen molar-refractivity contribution in [3.8, 4) is 0 Å². The third-order valence-corrected chi connectivity index (χ3v) is 26.5. The SMILES string of the molecule is CCCCN(CCNC)CCNC.CNC12CC3(NC)CC(NC)(C1)CC(NC)(C2)C3.CNC1CC(NC)CC(NC)C1.CNC1CCN(c2nc(N3CCC(NC)CC3)nc(N3CCC(NC)CC3)n2)CC1.CNCC(CNC)(CNC)CNC.CNCC(CNC)CNC.CNCCCN(C)c1nc(N(C)CCCNC)nc(N(C)CCCNC)n1. The van der Waals surface area contributed by atoms with Crippen LogP contribution in [0.5, 0.6) is 0 Å². The quantitative estimate of drug-likeness (QED) is 0.0361. The maximum absolute atomic E-state index is 4.96. The Morgan fingerprint density at radius 3 is 0.764 bits per heavy atom. The van der Waals surface area contributed by atoms with Crippen LogP contribution in [0.2, 0.25) is 0 Å². The zero-order valence-electron chi connectivity index (χ0n) is 83.5. The van der Waals surface area contributed by atoms with E-state index in [4.69, 9.17) is 29.9 Å². The Hall–Kier alpha value is -4.10. The third-order valence-electron chi connectivity index (χ3n) is 26.5. The van der Waals surface area contributed by atoms with Gasteiger partial charge in [0.05, 0.1) is 0 Å². The average molecular weight is 1740 g/mol. The van der Waals surface area contributed by atoms with Crippen molar-refractivity contribution >= 4 is 35.7 Å². The lowest BCUT2D eigenvalue weighted by molar-refractivity contribution is -0.0953. The van der Waals surface area contributed by atoms with Crippen LogP contribution in [0.4, 0.5) is 35.7 Å². The minimum Gasteiger partial charge on any atom is -0.344 e. The van der Waals surface area contributed by atoms with Crippen molar-refractivity contribution < 1.29 is 0 Å². The summed E-state index contributed by atoms with van der Waals surface area (Å²) in [6.07, 6.45) is 23.9. The van der Waals surface area contributed by atoms with Gasteiger partial charge in [-0.25, -0.2) is 0 Å². The number of hydrogen-bond acceptors (Lipinski definition) is 35. The summed E-state index contributed by atoms with van der Waals surface area (Å²) in [7, 11) is 50.9. The lowest BCUT2D eigenvalue weighted by atomic mass is 9.44. The molecule has 2 aromatic heterocycles. The molecular formula is C88H195N35. The highest BCUT2D eigenvalue weighted by molar-refractivity contribution is 5.48. The number of likely N-dealkylation sites (N-methyl/N-ethyl adjacent to an activating group) is 2. The fourth-order valence-electron chi connectivity index (χ4n) is 19.4. The lowest BCUT2D eigenvalue weighted by Crippen LogP contribution is -2.81. The largest absolute Gasteiger partial charge is 0.344 e. The van der Waals surface area contributed by atoms with Gasteiger partial charge in [0.25, 0.3) is 0 Å². The van der Waals surface area contributed by atoms with Crippen molar-refractivity contribution in [2.45, 2.75) is 194 Å². The van der Waals surface area contributed by atoms with Crippen LogP contribution in [-0.2, 0) is 0 Å². The molecule has 0 unspecified atom stereocenters. The highest BCUT2D eigenvalue weighted by atomic mass is 15.4. The van der Waals surface area contributed by atoms with Crippen molar-refractivity contribution in [3.05, 3.63) is 0 Å². The maximum Gasteiger partial charge on any atom is 0.231 e.